The molecule has 2 aliphatic heterocycles. The third-order valence-electron chi connectivity index (χ3n) is 5.78. The molecular weight excluding hydrogens is 448 g/mol. The Hall–Kier alpha value is -3.83. The van der Waals surface area contributed by atoms with E-state index >= 15 is 0 Å². The predicted octanol–water partition coefficient (Wildman–Crippen LogP) is 4.74. The zero-order valence-electron chi connectivity index (χ0n) is 17.9. The molecule has 2 aliphatic rings. The van der Waals surface area contributed by atoms with Crippen LogP contribution in [0.1, 0.15) is 36.1 Å². The van der Waals surface area contributed by atoms with Crippen molar-refractivity contribution < 1.29 is 28.4 Å². The van der Waals surface area contributed by atoms with Crippen molar-refractivity contribution in [2.24, 2.45) is 0 Å². The number of rotatable bonds is 5. The molecule has 1 aromatic heterocycles. The normalized spacial score (nSPS) is 20.1. The average Bonchev–Trinajstić information content (AvgIpc) is 3.52. The summed E-state index contributed by atoms with van der Waals surface area (Å²) >= 11 is 0. The van der Waals surface area contributed by atoms with Gasteiger partial charge in [-0.15, -0.1) is 0 Å². The average molecular weight is 469 g/mol. The molecule has 11 heteroatoms. The number of nitrogens with zero attached hydrogens (tertiary/aromatic N) is 4. The van der Waals surface area contributed by atoms with Gasteiger partial charge in [0.15, 0.2) is 17.5 Å². The van der Waals surface area contributed by atoms with E-state index in [0.29, 0.717) is 37.7 Å². The summed E-state index contributed by atoms with van der Waals surface area (Å²) in [5, 5.41) is 14.8. The lowest BCUT2D eigenvalue weighted by molar-refractivity contribution is -0.104. The molecule has 2 N–H and O–H groups in total. The molecular formula is C23H21F2N5O4. The molecule has 2 atom stereocenters. The third-order valence-corrected chi connectivity index (χ3v) is 5.78. The minimum absolute atomic E-state index is 0.201. The number of halogens is 2. The molecule has 2 fully saturated rings. The Balaban J connectivity index is 1.33. The monoisotopic (exact) mass is 469 g/mol. The molecule has 3 heterocycles. The van der Waals surface area contributed by atoms with Gasteiger partial charge in [0.25, 0.3) is 0 Å². The molecule has 0 saturated carbocycles. The molecule has 0 radical (unpaired) electrons. The first-order valence-electron chi connectivity index (χ1n) is 10.7. The summed E-state index contributed by atoms with van der Waals surface area (Å²) < 4.78 is 28.1. The van der Waals surface area contributed by atoms with Gasteiger partial charge < -0.3 is 10.4 Å². The van der Waals surface area contributed by atoms with Gasteiger partial charge >= 0.3 is 6.09 Å². The van der Waals surface area contributed by atoms with E-state index in [1.54, 1.807) is 6.07 Å². The molecule has 3 aromatic rings. The number of hydroxylamine groups is 3. The highest BCUT2D eigenvalue weighted by Crippen LogP contribution is 2.36. The zero-order valence-corrected chi connectivity index (χ0v) is 17.9. The second kappa shape index (κ2) is 9.20. The van der Waals surface area contributed by atoms with Crippen molar-refractivity contribution in [3.63, 3.8) is 0 Å². The van der Waals surface area contributed by atoms with Gasteiger partial charge in [-0.1, -0.05) is 24.3 Å². The van der Waals surface area contributed by atoms with Crippen LogP contribution in [-0.4, -0.2) is 39.4 Å². The van der Waals surface area contributed by atoms with Gasteiger partial charge in [0.1, 0.15) is 12.1 Å². The largest absolute Gasteiger partial charge is 0.463 e. The van der Waals surface area contributed by atoms with E-state index in [1.807, 2.05) is 24.3 Å². The fourth-order valence-electron chi connectivity index (χ4n) is 4.19. The number of carboxylic acid groups (broad SMARTS) is 1. The molecule has 5 rings (SSSR count). The van der Waals surface area contributed by atoms with Gasteiger partial charge in [0.2, 0.25) is 0 Å². The Bertz CT molecular complexity index is 1200. The summed E-state index contributed by atoms with van der Waals surface area (Å²) in [5.41, 5.74) is 1.75. The molecule has 0 spiro atoms. The van der Waals surface area contributed by atoms with E-state index in [2.05, 4.69) is 15.3 Å². The lowest BCUT2D eigenvalue weighted by Gasteiger charge is -2.24. The van der Waals surface area contributed by atoms with Gasteiger partial charge in [0.05, 0.1) is 25.3 Å². The quantitative estimate of drug-likeness (QED) is 0.553. The second-order valence-electron chi connectivity index (χ2n) is 7.86. The van der Waals surface area contributed by atoms with Crippen molar-refractivity contribution in [1.29, 1.82) is 0 Å². The summed E-state index contributed by atoms with van der Waals surface area (Å²) in [7, 11) is 0. The van der Waals surface area contributed by atoms with E-state index in [1.165, 1.54) is 23.5 Å². The summed E-state index contributed by atoms with van der Waals surface area (Å²) in [6, 6.07) is 12.1. The van der Waals surface area contributed by atoms with Crippen molar-refractivity contribution in [3.05, 3.63) is 77.6 Å². The van der Waals surface area contributed by atoms with E-state index in [-0.39, 0.29) is 11.6 Å². The van der Waals surface area contributed by atoms with Crippen molar-refractivity contribution >= 4 is 23.4 Å². The maximum atomic E-state index is 14.4. The molecule has 1 amide bonds. The Morgan fingerprint density at radius 3 is 2.59 bits per heavy atom. The van der Waals surface area contributed by atoms with E-state index in [0.717, 1.165) is 22.4 Å². The number of nitrogens with one attached hydrogen (secondary N) is 1. The molecule has 2 saturated heterocycles. The van der Waals surface area contributed by atoms with Crippen LogP contribution in [0.2, 0.25) is 0 Å². The highest BCUT2D eigenvalue weighted by molar-refractivity contribution is 5.65. The van der Waals surface area contributed by atoms with Crippen LogP contribution in [0.25, 0.3) is 0 Å². The van der Waals surface area contributed by atoms with Crippen molar-refractivity contribution in [1.82, 2.24) is 15.0 Å². The molecule has 34 heavy (non-hydrogen) atoms. The number of hydrogen-bond donors (Lipinski definition) is 2. The number of benzene rings is 2. The molecule has 0 aliphatic carbocycles. The topological polar surface area (TPSA) is 100 Å². The molecule has 0 unspecified atom stereocenters. The second-order valence-corrected chi connectivity index (χ2v) is 7.86. The summed E-state index contributed by atoms with van der Waals surface area (Å²) in [6.45, 7) is 0.687. The maximum absolute atomic E-state index is 14.4. The van der Waals surface area contributed by atoms with Crippen LogP contribution in [0.3, 0.4) is 0 Å². The molecule has 9 nitrogen and oxygen atoms in total. The van der Waals surface area contributed by atoms with Gasteiger partial charge in [-0.25, -0.2) is 28.6 Å². The van der Waals surface area contributed by atoms with Crippen molar-refractivity contribution in [3.8, 4) is 0 Å². The third kappa shape index (κ3) is 4.22. The standard InChI is InChI=1S/C23H21F2N5O4/c24-17-3-1-2-16(22(17)25)19-9-11-33-29(19)21-12-20(26-13-27-21)28-15-6-4-14(5-7-15)18-8-10-34-30(18)23(31)32/h1-7,12-13,18-19H,8-11H2,(H,31,32)(H,26,27,28)/t18-,19+/m0/s1. The van der Waals surface area contributed by atoms with Crippen LogP contribution in [0.5, 0.6) is 0 Å². The number of aromatic nitrogens is 2. The van der Waals surface area contributed by atoms with Crippen LogP contribution in [0.4, 0.5) is 30.9 Å². The van der Waals surface area contributed by atoms with Gasteiger partial charge in [0, 0.05) is 30.2 Å². The molecule has 176 valence electrons. The highest BCUT2D eigenvalue weighted by atomic mass is 19.2. The fraction of sp³-hybridized carbons (Fsp3) is 0.261. The highest BCUT2D eigenvalue weighted by Gasteiger charge is 2.33. The van der Waals surface area contributed by atoms with E-state index in [4.69, 9.17) is 9.68 Å². The summed E-state index contributed by atoms with van der Waals surface area (Å²) in [4.78, 5) is 30.6. The molecule has 0 bridgehead atoms. The minimum Gasteiger partial charge on any atom is -0.463 e. The minimum atomic E-state index is -1.13. The summed E-state index contributed by atoms with van der Waals surface area (Å²) in [6.07, 6.45) is 1.29. The number of anilines is 3. The van der Waals surface area contributed by atoms with Crippen LogP contribution in [-0.2, 0) is 9.68 Å². The Kier molecular flexibility index (Phi) is 5.95. The Labute approximate surface area is 193 Å². The van der Waals surface area contributed by atoms with E-state index in [9.17, 15) is 18.7 Å². The van der Waals surface area contributed by atoms with Crippen molar-refractivity contribution in [2.45, 2.75) is 24.9 Å². The first-order chi connectivity index (χ1) is 16.5. The van der Waals surface area contributed by atoms with Gasteiger partial charge in [-0.3, -0.25) is 9.68 Å². The van der Waals surface area contributed by atoms with Gasteiger partial charge in [-0.2, -0.15) is 5.06 Å². The van der Waals surface area contributed by atoms with Crippen molar-refractivity contribution in [2.75, 3.05) is 23.6 Å². The van der Waals surface area contributed by atoms with Crippen LogP contribution in [0.15, 0.2) is 54.9 Å². The lowest BCUT2D eigenvalue weighted by Crippen LogP contribution is -2.27. The lowest BCUT2D eigenvalue weighted by atomic mass is 10.0. The SMILES string of the molecule is O=C(O)N1OCC[C@H]1c1ccc(Nc2cc(N3OCC[C@@H]3c3cccc(F)c3F)ncn2)cc1. The van der Waals surface area contributed by atoms with Gasteiger partial charge in [-0.05, 0) is 23.8 Å². The number of amides is 1. The Morgan fingerprint density at radius 1 is 1.03 bits per heavy atom. The zero-order chi connectivity index (χ0) is 23.7. The maximum Gasteiger partial charge on any atom is 0.432 e. The predicted molar refractivity (Wildman–Crippen MR) is 117 cm³/mol. The molecule has 2 aromatic carbocycles. The van der Waals surface area contributed by atoms with Crippen LogP contribution < -0.4 is 10.4 Å². The number of hydrogen-bond acceptors (Lipinski definition) is 7. The number of carbonyl (C=O) groups is 1. The fourth-order valence-corrected chi connectivity index (χ4v) is 4.19. The van der Waals surface area contributed by atoms with Crippen LogP contribution in [0, 0.1) is 11.6 Å². The van der Waals surface area contributed by atoms with Crippen LogP contribution >= 0.6 is 0 Å². The first kappa shape index (κ1) is 22.0. The summed E-state index contributed by atoms with van der Waals surface area (Å²) in [5.74, 6) is -0.929. The smallest absolute Gasteiger partial charge is 0.432 e. The Morgan fingerprint density at radius 2 is 1.79 bits per heavy atom. The first-order valence-corrected chi connectivity index (χ1v) is 10.7. The van der Waals surface area contributed by atoms with E-state index < -0.39 is 23.8 Å².